The molecule has 7 heteroatoms. The van der Waals surface area contributed by atoms with Gasteiger partial charge >= 0.3 is 0 Å². The van der Waals surface area contributed by atoms with Crippen LogP contribution in [0.25, 0.3) is 0 Å². The summed E-state index contributed by atoms with van der Waals surface area (Å²) in [5.41, 5.74) is 0. The summed E-state index contributed by atoms with van der Waals surface area (Å²) in [4.78, 5) is 17.7. The van der Waals surface area contributed by atoms with Gasteiger partial charge in [-0.1, -0.05) is 19.0 Å². The Hall–Kier alpha value is -1.47. The third-order valence-corrected chi connectivity index (χ3v) is 2.51. The predicted octanol–water partition coefficient (Wildman–Crippen LogP) is 0.387. The molecule has 0 fully saturated rings. The number of rotatable bonds is 8. The van der Waals surface area contributed by atoms with E-state index >= 15 is 0 Å². The second-order valence-electron chi connectivity index (χ2n) is 4.71. The molecule has 0 aliphatic rings. The molecular weight excluding hydrogens is 248 g/mol. The highest BCUT2D eigenvalue weighted by molar-refractivity contribution is 5.77. The fourth-order valence-corrected chi connectivity index (χ4v) is 1.38. The first-order valence-electron chi connectivity index (χ1n) is 6.29. The minimum Gasteiger partial charge on any atom is -0.383 e. The summed E-state index contributed by atoms with van der Waals surface area (Å²) >= 11 is 0. The third-order valence-electron chi connectivity index (χ3n) is 2.51. The topological polar surface area (TPSA) is 80.5 Å². The molecule has 1 rings (SSSR count). The third kappa shape index (κ3) is 5.80. The second-order valence-corrected chi connectivity index (χ2v) is 4.71. The van der Waals surface area contributed by atoms with Crippen molar-refractivity contribution in [2.24, 2.45) is 0 Å². The molecule has 1 amide bonds. The second kappa shape index (κ2) is 7.85. The van der Waals surface area contributed by atoms with Crippen molar-refractivity contribution in [2.45, 2.75) is 26.3 Å². The average molecular weight is 270 g/mol. The molecule has 0 saturated heterocycles. The van der Waals surface area contributed by atoms with E-state index in [-0.39, 0.29) is 18.4 Å². The van der Waals surface area contributed by atoms with Crippen LogP contribution in [-0.4, -0.2) is 54.8 Å². The van der Waals surface area contributed by atoms with Gasteiger partial charge in [0.1, 0.15) is 0 Å². The van der Waals surface area contributed by atoms with E-state index in [0.717, 1.165) is 0 Å². The van der Waals surface area contributed by atoms with Crippen LogP contribution in [0.4, 0.5) is 0 Å². The smallest absolute Gasteiger partial charge is 0.234 e. The molecule has 0 unspecified atom stereocenters. The standard InChI is InChI=1S/C12H22N4O3/c1-9(2)12-14-10(15-19-12)7-13-11(17)8-16(3)5-6-18-4/h9H,5-8H2,1-4H3,(H,13,17). The lowest BCUT2D eigenvalue weighted by Gasteiger charge is -2.14. The van der Waals surface area contributed by atoms with Crippen molar-refractivity contribution in [2.75, 3.05) is 33.9 Å². The number of ether oxygens (including phenoxy) is 1. The van der Waals surface area contributed by atoms with E-state index in [1.54, 1.807) is 7.11 Å². The van der Waals surface area contributed by atoms with Crippen molar-refractivity contribution < 1.29 is 14.1 Å². The molecule has 1 aromatic heterocycles. The maximum absolute atomic E-state index is 11.7. The van der Waals surface area contributed by atoms with Gasteiger partial charge in [0.2, 0.25) is 11.8 Å². The number of carbonyl (C=O) groups excluding carboxylic acids is 1. The molecular formula is C12H22N4O3. The number of likely N-dealkylation sites (N-methyl/N-ethyl adjacent to an activating group) is 1. The number of aromatic nitrogens is 2. The molecule has 0 aromatic carbocycles. The highest BCUT2D eigenvalue weighted by atomic mass is 16.5. The van der Waals surface area contributed by atoms with E-state index in [1.165, 1.54) is 0 Å². The molecule has 0 bridgehead atoms. The number of nitrogens with zero attached hydrogens (tertiary/aromatic N) is 3. The van der Waals surface area contributed by atoms with Crippen molar-refractivity contribution >= 4 is 5.91 Å². The Morgan fingerprint density at radius 2 is 2.26 bits per heavy atom. The number of nitrogens with one attached hydrogen (secondary N) is 1. The van der Waals surface area contributed by atoms with Gasteiger partial charge in [0.25, 0.3) is 0 Å². The van der Waals surface area contributed by atoms with Crippen LogP contribution in [0.1, 0.15) is 31.5 Å². The highest BCUT2D eigenvalue weighted by Crippen LogP contribution is 2.10. The lowest BCUT2D eigenvalue weighted by atomic mass is 10.2. The summed E-state index contributed by atoms with van der Waals surface area (Å²) in [6.07, 6.45) is 0. The van der Waals surface area contributed by atoms with Crippen molar-refractivity contribution in [3.8, 4) is 0 Å². The van der Waals surface area contributed by atoms with E-state index < -0.39 is 0 Å². The van der Waals surface area contributed by atoms with Gasteiger partial charge in [-0.3, -0.25) is 9.69 Å². The van der Waals surface area contributed by atoms with Crippen LogP contribution < -0.4 is 5.32 Å². The van der Waals surface area contributed by atoms with Gasteiger partial charge in [-0.25, -0.2) is 0 Å². The largest absolute Gasteiger partial charge is 0.383 e. The van der Waals surface area contributed by atoms with Crippen molar-refractivity contribution in [3.63, 3.8) is 0 Å². The lowest BCUT2D eigenvalue weighted by Crippen LogP contribution is -2.36. The van der Waals surface area contributed by atoms with Gasteiger partial charge < -0.3 is 14.6 Å². The summed E-state index contributed by atoms with van der Waals surface area (Å²) in [5, 5.41) is 6.56. The molecule has 19 heavy (non-hydrogen) atoms. The summed E-state index contributed by atoms with van der Waals surface area (Å²) in [5.74, 6) is 1.20. The number of hydrogen-bond acceptors (Lipinski definition) is 6. The van der Waals surface area contributed by atoms with Gasteiger partial charge in [0.05, 0.1) is 19.7 Å². The van der Waals surface area contributed by atoms with Crippen LogP contribution in [0.2, 0.25) is 0 Å². The van der Waals surface area contributed by atoms with Crippen molar-refractivity contribution in [1.29, 1.82) is 0 Å². The zero-order valence-corrected chi connectivity index (χ0v) is 12.0. The summed E-state index contributed by atoms with van der Waals surface area (Å²) in [6, 6.07) is 0. The zero-order chi connectivity index (χ0) is 14.3. The van der Waals surface area contributed by atoms with Crippen molar-refractivity contribution in [3.05, 3.63) is 11.7 Å². The van der Waals surface area contributed by atoms with Crippen LogP contribution >= 0.6 is 0 Å². The minimum absolute atomic E-state index is 0.0745. The molecule has 0 aliphatic heterocycles. The van der Waals surface area contributed by atoms with Gasteiger partial charge in [-0.2, -0.15) is 4.98 Å². The first-order chi connectivity index (χ1) is 9.02. The normalized spacial score (nSPS) is 11.3. The summed E-state index contributed by atoms with van der Waals surface area (Å²) in [6.45, 7) is 5.86. The number of amides is 1. The molecule has 1 heterocycles. The van der Waals surface area contributed by atoms with E-state index in [2.05, 4.69) is 15.5 Å². The molecule has 0 spiro atoms. The van der Waals surface area contributed by atoms with Gasteiger partial charge in [0.15, 0.2) is 5.82 Å². The van der Waals surface area contributed by atoms with Crippen LogP contribution in [0, 0.1) is 0 Å². The Morgan fingerprint density at radius 1 is 1.53 bits per heavy atom. The van der Waals surface area contributed by atoms with E-state index in [1.807, 2.05) is 25.8 Å². The minimum atomic E-state index is -0.0745. The fraction of sp³-hybridized carbons (Fsp3) is 0.750. The Labute approximate surface area is 113 Å². The van der Waals surface area contributed by atoms with E-state index in [4.69, 9.17) is 9.26 Å². The van der Waals surface area contributed by atoms with Crippen molar-refractivity contribution in [1.82, 2.24) is 20.4 Å². The molecule has 108 valence electrons. The van der Waals surface area contributed by atoms with E-state index in [0.29, 0.717) is 31.4 Å². The first kappa shape index (κ1) is 15.6. The van der Waals surface area contributed by atoms with Gasteiger partial charge in [-0.15, -0.1) is 0 Å². The van der Waals surface area contributed by atoms with E-state index in [9.17, 15) is 4.79 Å². The highest BCUT2D eigenvalue weighted by Gasteiger charge is 2.11. The first-order valence-corrected chi connectivity index (χ1v) is 6.29. The Bertz CT molecular complexity index is 392. The number of hydrogen-bond donors (Lipinski definition) is 1. The predicted molar refractivity (Wildman–Crippen MR) is 69.6 cm³/mol. The number of methoxy groups -OCH3 is 1. The van der Waals surface area contributed by atoms with Crippen LogP contribution in [-0.2, 0) is 16.1 Å². The molecule has 0 aliphatic carbocycles. The Kier molecular flexibility index (Phi) is 6.44. The Morgan fingerprint density at radius 3 is 2.84 bits per heavy atom. The molecule has 0 radical (unpaired) electrons. The maximum atomic E-state index is 11.7. The molecule has 1 aromatic rings. The average Bonchev–Trinajstić information content (AvgIpc) is 2.83. The number of carbonyl (C=O) groups is 1. The zero-order valence-electron chi connectivity index (χ0n) is 12.0. The lowest BCUT2D eigenvalue weighted by molar-refractivity contribution is -0.122. The summed E-state index contributed by atoms with van der Waals surface area (Å²) < 4.78 is 10.00. The molecule has 1 N–H and O–H groups in total. The van der Waals surface area contributed by atoms with Crippen LogP contribution in [0.5, 0.6) is 0 Å². The van der Waals surface area contributed by atoms with Gasteiger partial charge in [0, 0.05) is 19.6 Å². The monoisotopic (exact) mass is 270 g/mol. The molecule has 0 saturated carbocycles. The summed E-state index contributed by atoms with van der Waals surface area (Å²) in [7, 11) is 3.50. The molecule has 0 atom stereocenters. The fourth-order valence-electron chi connectivity index (χ4n) is 1.38. The van der Waals surface area contributed by atoms with Gasteiger partial charge in [-0.05, 0) is 7.05 Å². The SMILES string of the molecule is COCCN(C)CC(=O)NCc1noc(C(C)C)n1. The Balaban J connectivity index is 2.29. The maximum Gasteiger partial charge on any atom is 0.234 e. The quantitative estimate of drug-likeness (QED) is 0.736. The van der Waals surface area contributed by atoms with Crippen LogP contribution in [0.3, 0.4) is 0 Å². The van der Waals surface area contributed by atoms with Crippen LogP contribution in [0.15, 0.2) is 4.52 Å². The molecule has 7 nitrogen and oxygen atoms in total.